The third-order valence-electron chi connectivity index (χ3n) is 8.06. The van der Waals surface area contributed by atoms with Crippen LogP contribution in [0, 0.1) is 0 Å². The number of fused-ring (bicyclic) bond motifs is 13. The zero-order valence-electron chi connectivity index (χ0n) is 19.9. The van der Waals surface area contributed by atoms with E-state index in [1.165, 1.54) is 65.9 Å². The molecule has 172 valence electrons. The minimum Gasteiger partial charge on any atom is -0.309 e. The Bertz CT molecular complexity index is 2220. The van der Waals surface area contributed by atoms with E-state index in [1.807, 2.05) is 24.8 Å². The number of rotatable bonds is 1. The predicted octanol–water partition coefficient (Wildman–Crippen LogP) is 7.70. The summed E-state index contributed by atoms with van der Waals surface area (Å²) in [5.41, 5.74) is 11.2. The van der Waals surface area contributed by atoms with Gasteiger partial charge in [0.25, 0.3) is 0 Å². The summed E-state index contributed by atoms with van der Waals surface area (Å²) in [6.07, 6.45) is 8.66. The summed E-state index contributed by atoms with van der Waals surface area (Å²) in [5.74, 6) is 0. The molecule has 1 aliphatic rings. The molecule has 9 rings (SSSR count). The number of imidazole rings is 1. The summed E-state index contributed by atoms with van der Waals surface area (Å²) in [7, 11) is 0. The molecule has 0 unspecified atom stereocenters. The second kappa shape index (κ2) is 6.83. The number of pyridine rings is 2. The van der Waals surface area contributed by atoms with Gasteiger partial charge in [0.2, 0.25) is 0 Å². The molecule has 0 saturated heterocycles. The Morgan fingerprint density at radius 1 is 0.649 bits per heavy atom. The maximum absolute atomic E-state index is 4.74. The molecule has 0 atom stereocenters. The maximum atomic E-state index is 4.74. The van der Waals surface area contributed by atoms with Gasteiger partial charge < -0.3 is 4.57 Å². The van der Waals surface area contributed by atoms with E-state index < -0.39 is 0 Å². The molecule has 8 aromatic rings. The van der Waals surface area contributed by atoms with Crippen LogP contribution < -0.4 is 0 Å². The van der Waals surface area contributed by atoms with Gasteiger partial charge in [-0.1, -0.05) is 48.5 Å². The zero-order valence-corrected chi connectivity index (χ0v) is 19.9. The molecular formula is C33H20N4. The molecular weight excluding hydrogens is 452 g/mol. The summed E-state index contributed by atoms with van der Waals surface area (Å²) in [6.45, 7) is 0. The van der Waals surface area contributed by atoms with Crippen molar-refractivity contribution in [3.63, 3.8) is 0 Å². The number of benzene rings is 4. The van der Waals surface area contributed by atoms with Crippen LogP contribution in [0.5, 0.6) is 0 Å². The highest BCUT2D eigenvalue weighted by Gasteiger charge is 2.26. The zero-order chi connectivity index (χ0) is 24.1. The smallest absolute Gasteiger partial charge is 0.145 e. The second-order valence-electron chi connectivity index (χ2n) is 9.93. The van der Waals surface area contributed by atoms with Crippen molar-refractivity contribution < 1.29 is 0 Å². The van der Waals surface area contributed by atoms with E-state index in [2.05, 4.69) is 98.9 Å². The first kappa shape index (κ1) is 19.3. The van der Waals surface area contributed by atoms with Gasteiger partial charge >= 0.3 is 0 Å². The molecule has 4 aromatic carbocycles. The van der Waals surface area contributed by atoms with Gasteiger partial charge in [-0.2, -0.15) is 0 Å². The van der Waals surface area contributed by atoms with Gasteiger partial charge in [-0.05, 0) is 64.9 Å². The van der Waals surface area contributed by atoms with Crippen LogP contribution in [-0.4, -0.2) is 18.9 Å². The Balaban J connectivity index is 1.47. The molecule has 4 aromatic heterocycles. The summed E-state index contributed by atoms with van der Waals surface area (Å²) >= 11 is 0. The molecule has 0 radical (unpaired) electrons. The van der Waals surface area contributed by atoms with Crippen molar-refractivity contribution >= 4 is 49.1 Å². The van der Waals surface area contributed by atoms with Crippen LogP contribution in [0.4, 0.5) is 0 Å². The van der Waals surface area contributed by atoms with Gasteiger partial charge in [0.15, 0.2) is 0 Å². The van der Waals surface area contributed by atoms with Crippen LogP contribution in [0.25, 0.3) is 65.9 Å². The third kappa shape index (κ3) is 2.42. The topological polar surface area (TPSA) is 35.1 Å². The van der Waals surface area contributed by atoms with E-state index in [4.69, 9.17) is 4.98 Å². The Morgan fingerprint density at radius 3 is 2.46 bits per heavy atom. The molecule has 4 heteroatoms. The lowest BCUT2D eigenvalue weighted by atomic mass is 9.97. The fourth-order valence-electron chi connectivity index (χ4n) is 6.53. The van der Waals surface area contributed by atoms with Crippen molar-refractivity contribution in [2.45, 2.75) is 6.42 Å². The van der Waals surface area contributed by atoms with Crippen LogP contribution >= 0.6 is 0 Å². The highest BCUT2D eigenvalue weighted by atomic mass is 15.0. The molecule has 0 bridgehead atoms. The largest absolute Gasteiger partial charge is 0.309 e. The number of aromatic nitrogens is 4. The molecule has 0 saturated carbocycles. The number of hydrogen-bond donors (Lipinski definition) is 0. The summed E-state index contributed by atoms with van der Waals surface area (Å²) in [6, 6.07) is 31.0. The second-order valence-corrected chi connectivity index (χ2v) is 9.93. The SMILES string of the molecule is c1ccc(-n2c3ccccc3c3ccc4c(c32)-c2cc3c5ccncc5n5ccnc5c3cc2C4)cc1. The average Bonchev–Trinajstić information content (AvgIpc) is 3.66. The summed E-state index contributed by atoms with van der Waals surface area (Å²) in [4.78, 5) is 9.15. The van der Waals surface area contributed by atoms with E-state index in [0.29, 0.717) is 0 Å². The number of hydrogen-bond acceptors (Lipinski definition) is 2. The minimum atomic E-state index is 0.925. The van der Waals surface area contributed by atoms with E-state index >= 15 is 0 Å². The Kier molecular flexibility index (Phi) is 3.55. The Hall–Kier alpha value is -4.96. The van der Waals surface area contributed by atoms with Gasteiger partial charge in [0.1, 0.15) is 5.65 Å². The van der Waals surface area contributed by atoms with Gasteiger partial charge in [-0.3, -0.25) is 9.38 Å². The Morgan fingerprint density at radius 2 is 1.51 bits per heavy atom. The fraction of sp³-hybridized carbons (Fsp3) is 0.0303. The van der Waals surface area contributed by atoms with Crippen molar-refractivity contribution in [1.82, 2.24) is 18.9 Å². The summed E-state index contributed by atoms with van der Waals surface area (Å²) < 4.78 is 4.60. The van der Waals surface area contributed by atoms with E-state index in [0.717, 1.165) is 17.6 Å². The van der Waals surface area contributed by atoms with Crippen molar-refractivity contribution in [3.8, 4) is 16.8 Å². The van der Waals surface area contributed by atoms with Crippen LogP contribution in [0.1, 0.15) is 11.1 Å². The van der Waals surface area contributed by atoms with Crippen molar-refractivity contribution in [3.05, 3.63) is 121 Å². The summed E-state index contributed by atoms with van der Waals surface area (Å²) in [5, 5.41) is 6.19. The standard InChI is InChI=1S/C33H20N4/c1-2-6-22(7-3-1)37-29-9-5-4-8-23(29)25-11-10-20-16-21-17-28-27(18-26(21)31(20)32(25)37)24-12-13-34-19-30(24)36-15-14-35-33(28)36/h1-15,17-19H,16H2. The molecule has 0 fully saturated rings. The van der Waals surface area contributed by atoms with Crippen molar-refractivity contribution in [2.24, 2.45) is 0 Å². The lowest BCUT2D eigenvalue weighted by Gasteiger charge is -2.13. The first-order chi connectivity index (χ1) is 18.4. The minimum absolute atomic E-state index is 0.925. The highest BCUT2D eigenvalue weighted by Crippen LogP contribution is 2.47. The van der Waals surface area contributed by atoms with Gasteiger partial charge in [0, 0.05) is 51.4 Å². The first-order valence-electron chi connectivity index (χ1n) is 12.6. The fourth-order valence-corrected chi connectivity index (χ4v) is 6.53. The average molecular weight is 473 g/mol. The third-order valence-corrected chi connectivity index (χ3v) is 8.06. The van der Waals surface area contributed by atoms with E-state index in [9.17, 15) is 0 Å². The molecule has 0 N–H and O–H groups in total. The quantitative estimate of drug-likeness (QED) is 0.229. The molecule has 37 heavy (non-hydrogen) atoms. The normalized spacial score (nSPS) is 12.8. The van der Waals surface area contributed by atoms with E-state index in [1.54, 1.807) is 0 Å². The molecule has 1 aliphatic carbocycles. The van der Waals surface area contributed by atoms with Crippen molar-refractivity contribution in [1.29, 1.82) is 0 Å². The van der Waals surface area contributed by atoms with Gasteiger partial charge in [-0.15, -0.1) is 0 Å². The highest BCUT2D eigenvalue weighted by molar-refractivity contribution is 6.18. The lowest BCUT2D eigenvalue weighted by molar-refractivity contribution is 1.18. The first-order valence-corrected chi connectivity index (χ1v) is 12.6. The molecule has 0 spiro atoms. The molecule has 4 nitrogen and oxygen atoms in total. The molecule has 4 heterocycles. The molecule has 0 amide bonds. The number of nitrogens with zero attached hydrogens (tertiary/aromatic N) is 4. The monoisotopic (exact) mass is 472 g/mol. The van der Waals surface area contributed by atoms with Gasteiger partial charge in [0.05, 0.1) is 22.7 Å². The lowest BCUT2D eigenvalue weighted by Crippen LogP contribution is -1.95. The van der Waals surface area contributed by atoms with Crippen LogP contribution in [-0.2, 0) is 6.42 Å². The number of para-hydroxylation sites is 2. The van der Waals surface area contributed by atoms with Crippen LogP contribution in [0.3, 0.4) is 0 Å². The Labute approximate surface area is 212 Å². The predicted molar refractivity (Wildman–Crippen MR) is 151 cm³/mol. The van der Waals surface area contributed by atoms with E-state index in [-0.39, 0.29) is 0 Å². The van der Waals surface area contributed by atoms with Crippen molar-refractivity contribution in [2.75, 3.05) is 0 Å². The molecule has 0 aliphatic heterocycles. The van der Waals surface area contributed by atoms with Crippen LogP contribution in [0.2, 0.25) is 0 Å². The maximum Gasteiger partial charge on any atom is 0.145 e. The van der Waals surface area contributed by atoms with Crippen LogP contribution in [0.15, 0.2) is 110 Å². The van der Waals surface area contributed by atoms with Gasteiger partial charge in [-0.25, -0.2) is 4.98 Å².